The zero-order valence-electron chi connectivity index (χ0n) is 14.4. The van der Waals surface area contributed by atoms with Crippen LogP contribution >= 0.6 is 11.8 Å². The molecule has 2 heterocycles. The quantitative estimate of drug-likeness (QED) is 0.373. The van der Waals surface area contributed by atoms with Gasteiger partial charge in [0.15, 0.2) is 5.16 Å². The molecule has 0 saturated carbocycles. The molecule has 0 saturated heterocycles. The van der Waals surface area contributed by atoms with Gasteiger partial charge in [-0.05, 0) is 12.0 Å². The Morgan fingerprint density at radius 2 is 2.19 bits per heavy atom. The number of aromatic nitrogens is 2. The lowest BCUT2D eigenvalue weighted by Crippen LogP contribution is -2.33. The summed E-state index contributed by atoms with van der Waals surface area (Å²) in [5.74, 6) is 0.425. The Hall–Kier alpha value is -2.68. The van der Waals surface area contributed by atoms with Gasteiger partial charge in [0.2, 0.25) is 5.91 Å². The van der Waals surface area contributed by atoms with Gasteiger partial charge in [0.1, 0.15) is 5.82 Å². The molecule has 1 aromatic carbocycles. The van der Waals surface area contributed by atoms with Crippen molar-refractivity contribution in [2.45, 2.75) is 30.8 Å². The molecule has 0 bridgehead atoms. The van der Waals surface area contributed by atoms with Gasteiger partial charge in [-0.3, -0.25) is 19.7 Å². The second-order valence-corrected chi connectivity index (χ2v) is 7.09. The van der Waals surface area contributed by atoms with Gasteiger partial charge >= 0.3 is 0 Å². The molecule has 3 rings (SSSR count). The molecule has 0 fully saturated rings. The maximum Gasteiger partial charge on any atom is 0.279 e. The van der Waals surface area contributed by atoms with Crippen LogP contribution in [0.4, 0.5) is 11.5 Å². The number of nitrogens with one attached hydrogen (secondary N) is 1. The maximum absolute atomic E-state index is 12.7. The number of nitro benzene ring substituents is 1. The van der Waals surface area contributed by atoms with E-state index in [1.165, 1.54) is 23.9 Å². The van der Waals surface area contributed by atoms with Gasteiger partial charge in [0.25, 0.3) is 11.2 Å². The highest BCUT2D eigenvalue weighted by atomic mass is 32.2. The number of carbonyl (C=O) groups excluding carboxylic acids is 1. The Balaban J connectivity index is 2.14. The van der Waals surface area contributed by atoms with Gasteiger partial charge in [0, 0.05) is 37.3 Å². The fourth-order valence-electron chi connectivity index (χ4n) is 3.00. The van der Waals surface area contributed by atoms with Gasteiger partial charge in [0.05, 0.1) is 10.5 Å². The zero-order chi connectivity index (χ0) is 18.8. The minimum absolute atomic E-state index is 0.0482. The van der Waals surface area contributed by atoms with Crippen molar-refractivity contribution in [2.24, 2.45) is 7.05 Å². The minimum Gasteiger partial charge on any atom is -0.312 e. The molecule has 1 atom stereocenters. The normalized spacial score (nSPS) is 16.1. The minimum atomic E-state index is -0.560. The molecule has 26 heavy (non-hydrogen) atoms. The SMILES string of the molecule is CCCSc1nc(=O)c2c(n1C)NC(=O)CC2c1cccc([N+](=O)[O-])c1. The molecule has 2 aromatic rings. The highest BCUT2D eigenvalue weighted by Gasteiger charge is 2.32. The van der Waals surface area contributed by atoms with Crippen LogP contribution < -0.4 is 10.9 Å². The van der Waals surface area contributed by atoms with E-state index in [4.69, 9.17) is 0 Å². The van der Waals surface area contributed by atoms with E-state index in [2.05, 4.69) is 10.3 Å². The van der Waals surface area contributed by atoms with Crippen molar-refractivity contribution in [1.82, 2.24) is 9.55 Å². The summed E-state index contributed by atoms with van der Waals surface area (Å²) < 4.78 is 1.71. The molecule has 0 spiro atoms. The van der Waals surface area contributed by atoms with Gasteiger partial charge in [-0.25, -0.2) is 0 Å². The topological polar surface area (TPSA) is 107 Å². The van der Waals surface area contributed by atoms with Crippen molar-refractivity contribution in [3.05, 3.63) is 55.9 Å². The van der Waals surface area contributed by atoms with Gasteiger partial charge < -0.3 is 9.88 Å². The number of non-ortho nitro benzene ring substituents is 1. The number of fused-ring (bicyclic) bond motifs is 1. The Morgan fingerprint density at radius 3 is 2.88 bits per heavy atom. The standard InChI is InChI=1S/C17H18N4O4S/c1-3-7-26-17-19-16(23)14-12(9-13(22)18-15(14)20(17)2)10-5-4-6-11(8-10)21(24)25/h4-6,8,12H,3,7,9H2,1-2H3,(H,18,22). The van der Waals surface area contributed by atoms with Crippen LogP contribution in [-0.4, -0.2) is 26.1 Å². The summed E-state index contributed by atoms with van der Waals surface area (Å²) in [4.78, 5) is 39.6. The second-order valence-electron chi connectivity index (χ2n) is 6.03. The van der Waals surface area contributed by atoms with Gasteiger partial charge in [-0.2, -0.15) is 4.98 Å². The van der Waals surface area contributed by atoms with Gasteiger partial charge in [-0.1, -0.05) is 30.8 Å². The molecular formula is C17H18N4O4S. The molecule has 136 valence electrons. The summed E-state index contributed by atoms with van der Waals surface area (Å²) in [6.07, 6.45) is 0.979. The molecule has 8 nitrogen and oxygen atoms in total. The number of rotatable bonds is 5. The van der Waals surface area contributed by atoms with Crippen molar-refractivity contribution in [3.63, 3.8) is 0 Å². The molecule has 0 aliphatic carbocycles. The molecule has 1 aliphatic rings. The first-order valence-corrected chi connectivity index (χ1v) is 9.18. The van der Waals surface area contributed by atoms with Crippen molar-refractivity contribution in [2.75, 3.05) is 11.1 Å². The average molecular weight is 374 g/mol. The lowest BCUT2D eigenvalue weighted by atomic mass is 9.86. The summed E-state index contributed by atoms with van der Waals surface area (Å²) in [5, 5.41) is 14.4. The molecule has 1 aromatic heterocycles. The van der Waals surface area contributed by atoms with E-state index < -0.39 is 16.4 Å². The van der Waals surface area contributed by atoms with Crippen molar-refractivity contribution in [3.8, 4) is 0 Å². The third-order valence-corrected chi connectivity index (χ3v) is 5.46. The van der Waals surface area contributed by atoms with Crippen LogP contribution in [0.25, 0.3) is 0 Å². The summed E-state index contributed by atoms with van der Waals surface area (Å²) in [5.41, 5.74) is 0.444. The summed E-state index contributed by atoms with van der Waals surface area (Å²) in [6, 6.07) is 6.04. The molecule has 1 aliphatic heterocycles. The van der Waals surface area contributed by atoms with Crippen LogP contribution in [0.15, 0.2) is 34.2 Å². The highest BCUT2D eigenvalue weighted by molar-refractivity contribution is 7.99. The largest absolute Gasteiger partial charge is 0.312 e. The number of thioether (sulfide) groups is 1. The van der Waals surface area contributed by atoms with E-state index in [-0.39, 0.29) is 18.0 Å². The number of nitro groups is 1. The monoisotopic (exact) mass is 374 g/mol. The smallest absolute Gasteiger partial charge is 0.279 e. The molecule has 9 heteroatoms. The molecular weight excluding hydrogens is 356 g/mol. The van der Waals surface area contributed by atoms with Crippen LogP contribution in [-0.2, 0) is 11.8 Å². The van der Waals surface area contributed by atoms with Crippen LogP contribution in [0.3, 0.4) is 0 Å². The van der Waals surface area contributed by atoms with Crippen LogP contribution in [0.5, 0.6) is 0 Å². The predicted octanol–water partition coefficient (Wildman–Crippen LogP) is 2.66. The number of anilines is 1. The zero-order valence-corrected chi connectivity index (χ0v) is 15.2. The van der Waals surface area contributed by atoms with Crippen molar-refractivity contribution < 1.29 is 9.72 Å². The number of nitrogens with zero attached hydrogens (tertiary/aromatic N) is 3. The van der Waals surface area contributed by atoms with Gasteiger partial charge in [-0.15, -0.1) is 0 Å². The average Bonchev–Trinajstić information content (AvgIpc) is 2.62. The van der Waals surface area contributed by atoms with Crippen molar-refractivity contribution in [1.29, 1.82) is 0 Å². The van der Waals surface area contributed by atoms with Crippen LogP contribution in [0, 0.1) is 10.1 Å². The summed E-state index contributed by atoms with van der Waals surface area (Å²) >= 11 is 1.45. The number of hydrogen-bond acceptors (Lipinski definition) is 6. The molecule has 1 unspecified atom stereocenters. The second kappa shape index (κ2) is 7.28. The highest BCUT2D eigenvalue weighted by Crippen LogP contribution is 2.36. The third kappa shape index (κ3) is 3.34. The number of carbonyl (C=O) groups is 1. The summed E-state index contributed by atoms with van der Waals surface area (Å²) in [6.45, 7) is 2.03. The third-order valence-electron chi connectivity index (χ3n) is 4.22. The predicted molar refractivity (Wildman–Crippen MR) is 98.7 cm³/mol. The Bertz CT molecular complexity index is 941. The molecule has 0 radical (unpaired) electrons. The number of benzene rings is 1. The van der Waals surface area contributed by atoms with E-state index >= 15 is 0 Å². The van der Waals surface area contributed by atoms with E-state index in [9.17, 15) is 19.7 Å². The lowest BCUT2D eigenvalue weighted by molar-refractivity contribution is -0.384. The first-order chi connectivity index (χ1) is 12.4. The fourth-order valence-corrected chi connectivity index (χ4v) is 3.82. The van der Waals surface area contributed by atoms with E-state index in [0.29, 0.717) is 22.1 Å². The Morgan fingerprint density at radius 1 is 1.42 bits per heavy atom. The van der Waals surface area contributed by atoms with Crippen LogP contribution in [0.2, 0.25) is 0 Å². The summed E-state index contributed by atoms with van der Waals surface area (Å²) in [7, 11) is 1.75. The van der Waals surface area contributed by atoms with E-state index in [1.54, 1.807) is 23.7 Å². The Labute approximate surface area is 153 Å². The first-order valence-electron chi connectivity index (χ1n) is 8.20. The van der Waals surface area contributed by atoms with Crippen LogP contribution in [0.1, 0.15) is 36.8 Å². The fraction of sp³-hybridized carbons (Fsp3) is 0.353. The number of hydrogen-bond donors (Lipinski definition) is 1. The lowest BCUT2D eigenvalue weighted by Gasteiger charge is -2.27. The Kier molecular flexibility index (Phi) is 5.08. The van der Waals surface area contributed by atoms with Crippen molar-refractivity contribution >= 4 is 29.2 Å². The first kappa shape index (κ1) is 18.1. The van der Waals surface area contributed by atoms with E-state index in [0.717, 1.165) is 12.2 Å². The molecule has 1 N–H and O–H groups in total. The van der Waals surface area contributed by atoms with E-state index in [1.807, 2.05) is 6.92 Å². The number of amides is 1. The maximum atomic E-state index is 12.7. The molecule has 1 amide bonds.